The van der Waals surface area contributed by atoms with E-state index >= 15 is 0 Å². The highest BCUT2D eigenvalue weighted by Gasteiger charge is 2.11. The van der Waals surface area contributed by atoms with Gasteiger partial charge in [0.15, 0.2) is 0 Å². The van der Waals surface area contributed by atoms with Crippen molar-refractivity contribution in [2.24, 2.45) is 0 Å². The summed E-state index contributed by atoms with van der Waals surface area (Å²) in [5, 5.41) is 14.8. The topological polar surface area (TPSA) is 73.9 Å². The molecule has 0 bridgehead atoms. The summed E-state index contributed by atoms with van der Waals surface area (Å²) >= 11 is 4.69. The number of thiazole rings is 2. The number of rotatable bonds is 8. The molecule has 0 spiro atoms. The molecule has 0 N–H and O–H groups in total. The van der Waals surface area contributed by atoms with Crippen LogP contribution in [0.15, 0.2) is 50.7 Å². The van der Waals surface area contributed by atoms with Gasteiger partial charge < -0.3 is 9.15 Å². The zero-order valence-electron chi connectivity index (χ0n) is 14.5. The van der Waals surface area contributed by atoms with Crippen molar-refractivity contribution in [3.05, 3.63) is 68.4 Å². The van der Waals surface area contributed by atoms with Crippen molar-refractivity contribution in [1.82, 2.24) is 20.2 Å². The van der Waals surface area contributed by atoms with Crippen molar-refractivity contribution >= 4 is 34.4 Å². The van der Waals surface area contributed by atoms with E-state index in [0.717, 1.165) is 27.2 Å². The maximum absolute atomic E-state index is 5.72. The normalized spacial score (nSPS) is 11.0. The lowest BCUT2D eigenvalue weighted by atomic mass is 10.3. The third-order valence-corrected chi connectivity index (χ3v) is 6.04. The quantitative estimate of drug-likeness (QED) is 0.384. The first-order chi connectivity index (χ1) is 13.2. The molecule has 0 radical (unpaired) electrons. The van der Waals surface area contributed by atoms with Gasteiger partial charge in [-0.2, -0.15) is 0 Å². The fourth-order valence-electron chi connectivity index (χ4n) is 2.29. The average molecular weight is 417 g/mol. The Morgan fingerprint density at radius 3 is 2.70 bits per heavy atom. The Hall–Kier alpha value is -2.23. The average Bonchev–Trinajstić information content (AvgIpc) is 3.41. The molecule has 3 aromatic heterocycles. The monoisotopic (exact) mass is 416 g/mol. The van der Waals surface area contributed by atoms with Crippen LogP contribution in [0.2, 0.25) is 0 Å². The largest absolute Gasteiger partial charge is 0.486 e. The van der Waals surface area contributed by atoms with E-state index in [0.29, 0.717) is 29.9 Å². The number of benzene rings is 1. The Kier molecular flexibility index (Phi) is 5.81. The first kappa shape index (κ1) is 18.1. The van der Waals surface area contributed by atoms with E-state index in [1.165, 1.54) is 11.8 Å². The third-order valence-electron chi connectivity index (χ3n) is 3.50. The molecule has 0 aliphatic heterocycles. The van der Waals surface area contributed by atoms with Gasteiger partial charge in [-0.15, -0.1) is 32.9 Å². The van der Waals surface area contributed by atoms with Crippen molar-refractivity contribution in [1.29, 1.82) is 0 Å². The molecule has 0 amide bonds. The summed E-state index contributed by atoms with van der Waals surface area (Å²) < 4.78 is 11.4. The maximum Gasteiger partial charge on any atom is 0.276 e. The minimum Gasteiger partial charge on any atom is -0.486 e. The molecule has 0 atom stereocenters. The smallest absolute Gasteiger partial charge is 0.276 e. The van der Waals surface area contributed by atoms with E-state index in [-0.39, 0.29) is 0 Å². The van der Waals surface area contributed by atoms with E-state index in [2.05, 4.69) is 20.2 Å². The lowest BCUT2D eigenvalue weighted by Gasteiger charge is -2.02. The van der Waals surface area contributed by atoms with Crippen LogP contribution in [-0.4, -0.2) is 20.2 Å². The Bertz CT molecular complexity index is 997. The lowest BCUT2D eigenvalue weighted by molar-refractivity contribution is 0.305. The van der Waals surface area contributed by atoms with Crippen LogP contribution in [0.3, 0.4) is 0 Å². The highest BCUT2D eigenvalue weighted by atomic mass is 32.2. The highest BCUT2D eigenvalue weighted by molar-refractivity contribution is 7.98. The number of aromatic nitrogens is 4. The summed E-state index contributed by atoms with van der Waals surface area (Å²) in [6.07, 6.45) is 0.565. The SMILES string of the molecule is Cc1nc(Cc2nnc(SCc3csc(COc4ccccc4)n3)o2)cs1. The number of hydrogen-bond donors (Lipinski definition) is 0. The van der Waals surface area contributed by atoms with E-state index in [4.69, 9.17) is 9.15 Å². The standard InChI is InChI=1S/C18H16N4O2S3/c1-12-19-13(9-25-12)7-16-21-22-18(24-16)27-11-14-10-26-17(20-14)8-23-15-5-3-2-4-6-15/h2-6,9-10H,7-8,11H2,1H3. The summed E-state index contributed by atoms with van der Waals surface area (Å²) in [6, 6.07) is 9.74. The van der Waals surface area contributed by atoms with Gasteiger partial charge in [-0.1, -0.05) is 30.0 Å². The van der Waals surface area contributed by atoms with Crippen molar-refractivity contribution in [2.75, 3.05) is 0 Å². The molecule has 0 fully saturated rings. The molecule has 4 rings (SSSR count). The fraction of sp³-hybridized carbons (Fsp3) is 0.222. The second-order valence-electron chi connectivity index (χ2n) is 5.62. The number of hydrogen-bond acceptors (Lipinski definition) is 9. The van der Waals surface area contributed by atoms with E-state index in [1.54, 1.807) is 22.7 Å². The zero-order chi connectivity index (χ0) is 18.5. The second kappa shape index (κ2) is 8.64. The number of aryl methyl sites for hydroxylation is 1. The van der Waals surface area contributed by atoms with Crippen molar-refractivity contribution < 1.29 is 9.15 Å². The predicted octanol–water partition coefficient (Wildman–Crippen LogP) is 4.75. The first-order valence-corrected chi connectivity index (χ1v) is 11.0. The van der Waals surface area contributed by atoms with Gasteiger partial charge in [-0.05, 0) is 19.1 Å². The van der Waals surface area contributed by atoms with Gasteiger partial charge in [-0.3, -0.25) is 0 Å². The lowest BCUT2D eigenvalue weighted by Crippen LogP contribution is -1.94. The van der Waals surface area contributed by atoms with Crippen LogP contribution in [0.4, 0.5) is 0 Å². The Morgan fingerprint density at radius 2 is 1.89 bits per heavy atom. The third kappa shape index (κ3) is 5.15. The Morgan fingerprint density at radius 1 is 1.04 bits per heavy atom. The summed E-state index contributed by atoms with van der Waals surface area (Å²) in [4.78, 5) is 9.01. The summed E-state index contributed by atoms with van der Waals surface area (Å²) in [5.74, 6) is 2.11. The molecule has 0 aliphatic rings. The molecule has 4 aromatic rings. The maximum atomic E-state index is 5.72. The molecule has 9 heteroatoms. The fourth-order valence-corrected chi connectivity index (χ4v) is 4.39. The Balaban J connectivity index is 1.27. The van der Waals surface area contributed by atoms with Crippen LogP contribution < -0.4 is 4.74 Å². The number of para-hydroxylation sites is 1. The van der Waals surface area contributed by atoms with Gasteiger partial charge in [0.1, 0.15) is 17.4 Å². The van der Waals surface area contributed by atoms with Gasteiger partial charge in [-0.25, -0.2) is 9.97 Å². The van der Waals surface area contributed by atoms with Crippen LogP contribution in [0, 0.1) is 6.92 Å². The van der Waals surface area contributed by atoms with E-state index in [1.807, 2.05) is 48.0 Å². The highest BCUT2D eigenvalue weighted by Crippen LogP contribution is 2.24. The van der Waals surface area contributed by atoms with Gasteiger partial charge in [0, 0.05) is 16.5 Å². The number of thioether (sulfide) groups is 1. The van der Waals surface area contributed by atoms with Gasteiger partial charge >= 0.3 is 0 Å². The summed E-state index contributed by atoms with van der Waals surface area (Å²) in [6.45, 7) is 2.45. The van der Waals surface area contributed by atoms with E-state index < -0.39 is 0 Å². The molecule has 27 heavy (non-hydrogen) atoms. The van der Waals surface area contributed by atoms with Crippen LogP contribution in [0.1, 0.15) is 27.3 Å². The number of ether oxygens (including phenoxy) is 1. The molecule has 0 saturated carbocycles. The number of nitrogens with zero attached hydrogens (tertiary/aromatic N) is 4. The Labute approximate surface area is 168 Å². The molecule has 0 saturated heterocycles. The molecular weight excluding hydrogens is 400 g/mol. The van der Waals surface area contributed by atoms with Crippen LogP contribution in [0.5, 0.6) is 5.75 Å². The molecule has 6 nitrogen and oxygen atoms in total. The van der Waals surface area contributed by atoms with Gasteiger partial charge in [0.2, 0.25) is 5.89 Å². The molecular formula is C18H16N4O2S3. The van der Waals surface area contributed by atoms with Crippen LogP contribution in [-0.2, 0) is 18.8 Å². The predicted molar refractivity (Wildman–Crippen MR) is 106 cm³/mol. The van der Waals surface area contributed by atoms with Crippen LogP contribution in [0.25, 0.3) is 0 Å². The van der Waals surface area contributed by atoms with Crippen molar-refractivity contribution in [3.63, 3.8) is 0 Å². The summed E-state index contributed by atoms with van der Waals surface area (Å²) in [7, 11) is 0. The summed E-state index contributed by atoms with van der Waals surface area (Å²) in [5.41, 5.74) is 1.94. The van der Waals surface area contributed by atoms with Crippen molar-refractivity contribution in [3.8, 4) is 5.75 Å². The van der Waals surface area contributed by atoms with Crippen LogP contribution >= 0.6 is 34.4 Å². The molecule has 138 valence electrons. The molecule has 3 heterocycles. The van der Waals surface area contributed by atoms with Gasteiger partial charge in [0.25, 0.3) is 5.22 Å². The molecule has 0 aliphatic carbocycles. The minimum absolute atomic E-state index is 0.469. The van der Waals surface area contributed by atoms with Crippen molar-refractivity contribution in [2.45, 2.75) is 30.9 Å². The second-order valence-corrected chi connectivity index (χ2v) is 8.55. The first-order valence-electron chi connectivity index (χ1n) is 8.22. The van der Waals surface area contributed by atoms with E-state index in [9.17, 15) is 0 Å². The van der Waals surface area contributed by atoms with Gasteiger partial charge in [0.05, 0.1) is 22.8 Å². The molecule has 0 unspecified atom stereocenters. The zero-order valence-corrected chi connectivity index (χ0v) is 16.9. The minimum atomic E-state index is 0.469. The molecule has 1 aromatic carbocycles.